The van der Waals surface area contributed by atoms with Crippen molar-refractivity contribution in [3.05, 3.63) is 137 Å². The monoisotopic (exact) mass is 567 g/mol. The van der Waals surface area contributed by atoms with Crippen molar-refractivity contribution in [3.63, 3.8) is 0 Å². The molecule has 0 spiro atoms. The highest BCUT2D eigenvalue weighted by molar-refractivity contribution is 5.85. The number of nitrogens with one attached hydrogen (secondary N) is 4. The van der Waals surface area contributed by atoms with E-state index in [9.17, 15) is 13.6 Å². The third-order valence-corrected chi connectivity index (χ3v) is 6.80. The third kappa shape index (κ3) is 7.21. The lowest BCUT2D eigenvalue weighted by atomic mass is 10.0. The van der Waals surface area contributed by atoms with E-state index in [1.165, 1.54) is 24.3 Å². The molecule has 0 atom stereocenters. The summed E-state index contributed by atoms with van der Waals surface area (Å²) in [6, 6.07) is 17.1. The number of aryl methyl sites for hydroxylation is 1. The van der Waals surface area contributed by atoms with Crippen LogP contribution in [0, 0.1) is 18.6 Å². The predicted octanol–water partition coefficient (Wildman–Crippen LogP) is 5.94. The number of amides is 1. The SMILES string of the molecule is C=C(CNC)N/C(=C/C=C(\NC=O)c1cccc(C(=C)NC)c1)Cc1cc(F)cc(-n2cc(C)c3cc(F)ccc32)c1. The van der Waals surface area contributed by atoms with Gasteiger partial charge in [-0.2, -0.15) is 0 Å². The van der Waals surface area contributed by atoms with Crippen LogP contribution in [-0.4, -0.2) is 31.6 Å². The van der Waals surface area contributed by atoms with Crippen LogP contribution in [0.15, 0.2) is 104 Å². The molecule has 216 valence electrons. The topological polar surface area (TPSA) is 70.1 Å². The highest BCUT2D eigenvalue weighted by atomic mass is 19.1. The van der Waals surface area contributed by atoms with E-state index < -0.39 is 5.82 Å². The average molecular weight is 568 g/mol. The summed E-state index contributed by atoms with van der Waals surface area (Å²) in [5.74, 6) is -0.709. The summed E-state index contributed by atoms with van der Waals surface area (Å²) in [7, 11) is 3.62. The molecule has 0 aliphatic rings. The zero-order valence-corrected chi connectivity index (χ0v) is 24.0. The molecule has 0 aliphatic heterocycles. The number of carbonyl (C=O) groups excluding carboxylic acids is 1. The summed E-state index contributed by atoms with van der Waals surface area (Å²) < 4.78 is 30.7. The third-order valence-electron chi connectivity index (χ3n) is 6.80. The quantitative estimate of drug-likeness (QED) is 0.119. The Morgan fingerprint density at radius 1 is 0.952 bits per heavy atom. The number of carbonyl (C=O) groups is 1. The van der Waals surface area contributed by atoms with Crippen molar-refractivity contribution < 1.29 is 13.6 Å². The molecule has 8 heteroatoms. The Kier molecular flexibility index (Phi) is 9.73. The Hall–Kier alpha value is -4.95. The van der Waals surface area contributed by atoms with E-state index in [-0.39, 0.29) is 5.82 Å². The molecule has 4 aromatic rings. The molecule has 4 N–H and O–H groups in total. The minimum absolute atomic E-state index is 0.318. The molecule has 0 fully saturated rings. The Morgan fingerprint density at radius 3 is 2.48 bits per heavy atom. The molecule has 4 rings (SSSR count). The zero-order valence-electron chi connectivity index (χ0n) is 24.0. The van der Waals surface area contributed by atoms with Gasteiger partial charge in [0.25, 0.3) is 0 Å². The van der Waals surface area contributed by atoms with Gasteiger partial charge in [0, 0.05) is 60.1 Å². The number of nitrogens with zero attached hydrogens (tertiary/aromatic N) is 1. The van der Waals surface area contributed by atoms with Crippen LogP contribution in [0.5, 0.6) is 0 Å². The summed E-state index contributed by atoms with van der Waals surface area (Å²) in [4.78, 5) is 11.5. The lowest BCUT2D eigenvalue weighted by Crippen LogP contribution is -2.22. The number of hydrogen-bond acceptors (Lipinski definition) is 4. The van der Waals surface area contributed by atoms with Gasteiger partial charge in [-0.3, -0.25) is 4.79 Å². The van der Waals surface area contributed by atoms with E-state index in [4.69, 9.17) is 0 Å². The van der Waals surface area contributed by atoms with Gasteiger partial charge in [-0.1, -0.05) is 31.4 Å². The van der Waals surface area contributed by atoms with Crippen LogP contribution in [-0.2, 0) is 11.2 Å². The Morgan fingerprint density at radius 2 is 1.74 bits per heavy atom. The van der Waals surface area contributed by atoms with Gasteiger partial charge in [0.05, 0.1) is 5.52 Å². The maximum absolute atomic E-state index is 15.0. The fraction of sp³-hybridized carbons (Fsp3) is 0.147. The normalized spacial score (nSPS) is 11.8. The first-order valence-corrected chi connectivity index (χ1v) is 13.5. The molecule has 0 unspecified atom stereocenters. The Bertz CT molecular complexity index is 1700. The molecule has 1 amide bonds. The van der Waals surface area contributed by atoms with Crippen molar-refractivity contribution >= 4 is 28.7 Å². The second kappa shape index (κ2) is 13.6. The van der Waals surface area contributed by atoms with Gasteiger partial charge in [0.2, 0.25) is 6.41 Å². The van der Waals surface area contributed by atoms with Crippen molar-refractivity contribution in [2.45, 2.75) is 13.3 Å². The first-order valence-electron chi connectivity index (χ1n) is 13.5. The number of allylic oxidation sites excluding steroid dienone is 3. The van der Waals surface area contributed by atoms with Gasteiger partial charge in [0.15, 0.2) is 0 Å². The molecule has 0 bridgehead atoms. The number of rotatable bonds is 13. The molecule has 6 nitrogen and oxygen atoms in total. The van der Waals surface area contributed by atoms with Gasteiger partial charge in [0.1, 0.15) is 11.6 Å². The fourth-order valence-electron chi connectivity index (χ4n) is 4.80. The lowest BCUT2D eigenvalue weighted by Gasteiger charge is -2.15. The zero-order chi connectivity index (χ0) is 30.2. The van der Waals surface area contributed by atoms with E-state index in [2.05, 4.69) is 34.4 Å². The van der Waals surface area contributed by atoms with Crippen LogP contribution in [0.2, 0.25) is 0 Å². The molecule has 42 heavy (non-hydrogen) atoms. The number of fused-ring (bicyclic) bond motifs is 1. The Balaban J connectivity index is 1.73. The number of halogens is 2. The summed E-state index contributed by atoms with van der Waals surface area (Å²) >= 11 is 0. The largest absolute Gasteiger partial charge is 0.388 e. The van der Waals surface area contributed by atoms with Crippen molar-refractivity contribution in [1.82, 2.24) is 25.8 Å². The molecule has 1 aromatic heterocycles. The van der Waals surface area contributed by atoms with Crippen LogP contribution in [0.25, 0.3) is 28.0 Å². The maximum atomic E-state index is 15.0. The van der Waals surface area contributed by atoms with Crippen LogP contribution < -0.4 is 21.3 Å². The second-order valence-electron chi connectivity index (χ2n) is 9.94. The second-order valence-corrected chi connectivity index (χ2v) is 9.94. The average Bonchev–Trinajstić information content (AvgIpc) is 3.29. The lowest BCUT2D eigenvalue weighted by molar-refractivity contribution is -0.108. The van der Waals surface area contributed by atoms with Crippen LogP contribution in [0.1, 0.15) is 22.3 Å². The van der Waals surface area contributed by atoms with Crippen LogP contribution >= 0.6 is 0 Å². The first-order chi connectivity index (χ1) is 20.2. The van der Waals surface area contributed by atoms with E-state index in [0.29, 0.717) is 36.3 Å². The standard InChI is InChI=1S/C34H35F2N5O/c1-22-20-41(34-12-9-28(35)18-32(22)34)31-15-25(13-29(36)17-31)14-30(40-23(2)19-37-4)10-11-33(39-21-42)27-8-6-7-26(16-27)24(3)38-5/h6-13,15-18,20-21,37-38,40H,2-3,14,19H2,1,4-5H3,(H,39,42)/b30-10+,33-11-. The van der Waals surface area contributed by atoms with Crippen molar-refractivity contribution in [2.75, 3.05) is 20.6 Å². The van der Waals surface area contributed by atoms with Crippen molar-refractivity contribution in [1.29, 1.82) is 0 Å². The maximum Gasteiger partial charge on any atom is 0.211 e. The summed E-state index contributed by atoms with van der Waals surface area (Å²) in [6.07, 6.45) is 6.49. The molecular formula is C34H35F2N5O. The van der Waals surface area contributed by atoms with Crippen molar-refractivity contribution in [3.8, 4) is 5.69 Å². The van der Waals surface area contributed by atoms with Crippen LogP contribution in [0.3, 0.4) is 0 Å². The number of benzene rings is 3. The van der Waals surface area contributed by atoms with E-state index >= 15 is 0 Å². The van der Waals surface area contributed by atoms with Gasteiger partial charge in [-0.15, -0.1) is 0 Å². The summed E-state index contributed by atoms with van der Waals surface area (Å²) in [6.45, 7) is 10.5. The first kappa shape index (κ1) is 30.0. The number of hydrogen-bond donors (Lipinski definition) is 4. The van der Waals surface area contributed by atoms with Gasteiger partial charge in [-0.25, -0.2) is 8.78 Å². The fourth-order valence-corrected chi connectivity index (χ4v) is 4.80. The molecule has 3 aromatic carbocycles. The number of aromatic nitrogens is 1. The smallest absolute Gasteiger partial charge is 0.211 e. The van der Waals surface area contributed by atoms with Crippen LogP contribution in [0.4, 0.5) is 8.78 Å². The van der Waals surface area contributed by atoms with E-state index in [0.717, 1.165) is 44.7 Å². The number of likely N-dealkylation sites (N-methyl/N-ethyl adjacent to an activating group) is 1. The minimum atomic E-state index is -0.391. The summed E-state index contributed by atoms with van der Waals surface area (Å²) in [5, 5.41) is 13.0. The predicted molar refractivity (Wildman–Crippen MR) is 168 cm³/mol. The molecule has 0 radical (unpaired) electrons. The molecular weight excluding hydrogens is 532 g/mol. The molecule has 0 saturated carbocycles. The highest BCUT2D eigenvalue weighted by Crippen LogP contribution is 2.27. The molecule has 0 aliphatic carbocycles. The van der Waals surface area contributed by atoms with E-state index in [1.807, 2.05) is 61.1 Å². The molecule has 1 heterocycles. The van der Waals surface area contributed by atoms with E-state index in [1.54, 1.807) is 19.2 Å². The Labute approximate surface area is 245 Å². The summed E-state index contributed by atoms with van der Waals surface area (Å²) in [5.41, 5.74) is 7.50. The highest BCUT2D eigenvalue weighted by Gasteiger charge is 2.12. The van der Waals surface area contributed by atoms with Gasteiger partial charge >= 0.3 is 0 Å². The van der Waals surface area contributed by atoms with Crippen molar-refractivity contribution in [2.24, 2.45) is 0 Å². The minimum Gasteiger partial charge on any atom is -0.388 e. The molecule has 0 saturated heterocycles. The van der Waals surface area contributed by atoms with Gasteiger partial charge in [-0.05, 0) is 90.8 Å². The van der Waals surface area contributed by atoms with Gasteiger partial charge < -0.3 is 25.8 Å².